The van der Waals surface area contributed by atoms with Crippen LogP contribution >= 0.6 is 0 Å². The number of alkyl halides is 3. The largest absolute Gasteiger partial charge is 0.433 e. The van der Waals surface area contributed by atoms with Gasteiger partial charge in [-0.3, -0.25) is 0 Å². The number of anilines is 1. The van der Waals surface area contributed by atoms with Crippen molar-refractivity contribution in [3.63, 3.8) is 0 Å². The van der Waals surface area contributed by atoms with Gasteiger partial charge in [0.25, 0.3) is 0 Å². The Bertz CT molecular complexity index is 416. The van der Waals surface area contributed by atoms with Gasteiger partial charge in [0.1, 0.15) is 5.69 Å². The second-order valence-electron chi connectivity index (χ2n) is 1.97. The maximum Gasteiger partial charge on any atom is 0.433 e. The van der Waals surface area contributed by atoms with E-state index in [0.29, 0.717) is 0 Å². The molecule has 1 aromatic heterocycles. The highest BCUT2D eigenvalue weighted by Gasteiger charge is 2.32. The molecule has 0 atom stereocenters. The van der Waals surface area contributed by atoms with E-state index in [-0.39, 0.29) is 0 Å². The van der Waals surface area contributed by atoms with E-state index in [1.54, 1.807) is 0 Å². The Hall–Kier alpha value is -1.26. The van der Waals surface area contributed by atoms with Gasteiger partial charge in [0, 0.05) is 15.5 Å². The minimum absolute atomic E-state index is 0.849. The lowest BCUT2D eigenvalue weighted by Gasteiger charge is -2.06. The van der Waals surface area contributed by atoms with Crippen molar-refractivity contribution in [3.8, 4) is 0 Å². The fourth-order valence-electron chi connectivity index (χ4n) is 0.588. The summed E-state index contributed by atoms with van der Waals surface area (Å²) in [6.45, 7) is -2.99. The summed E-state index contributed by atoms with van der Waals surface area (Å²) in [5, 5.41) is 0. The van der Waals surface area contributed by atoms with E-state index >= 15 is 0 Å². The van der Waals surface area contributed by atoms with E-state index in [2.05, 4.69) is 4.98 Å². The molecule has 0 aromatic carbocycles. The summed E-state index contributed by atoms with van der Waals surface area (Å²) in [6, 6.07) is -2.06. The highest BCUT2D eigenvalue weighted by atomic mass is 19.4. The van der Waals surface area contributed by atoms with Crippen molar-refractivity contribution in [2.75, 3.05) is 5.73 Å². The Kier molecular flexibility index (Phi) is 0.910. The Balaban J connectivity index is 3.63. The van der Waals surface area contributed by atoms with Gasteiger partial charge in [0.05, 0.1) is 2.74 Å². The third-order valence-corrected chi connectivity index (χ3v) is 0.998. The number of nitrogen functional groups attached to an aromatic ring is 1. The summed E-state index contributed by atoms with van der Waals surface area (Å²) >= 11 is 0. The maximum absolute atomic E-state index is 12.4. The lowest BCUT2D eigenvalue weighted by molar-refractivity contribution is -0.141. The first kappa shape index (κ1) is 4.11. The second-order valence-corrected chi connectivity index (χ2v) is 1.97. The van der Waals surface area contributed by atoms with Crippen molar-refractivity contribution < 1.29 is 20.0 Å². The van der Waals surface area contributed by atoms with Crippen LogP contribution in [0, 0.1) is 6.85 Å². The zero-order valence-electron chi connectivity index (χ0n) is 10.7. The lowest BCUT2D eigenvalue weighted by atomic mass is 10.2. The number of nitrogens with two attached hydrogens (primary N) is 1. The number of nitrogens with zero attached hydrogens (tertiary/aromatic N) is 1. The lowest BCUT2D eigenvalue weighted by Crippen LogP contribution is -2.09. The van der Waals surface area contributed by atoms with Crippen LogP contribution in [0.25, 0.3) is 0 Å². The summed E-state index contributed by atoms with van der Waals surface area (Å²) in [5.41, 5.74) is 1.51. The topological polar surface area (TPSA) is 38.9 Å². The molecular weight excluding hydrogens is 169 g/mol. The molecule has 0 unspecified atom stereocenters. The molecule has 1 aromatic rings. The minimum atomic E-state index is -4.99. The summed E-state index contributed by atoms with van der Waals surface area (Å²) in [4.78, 5) is 2.83. The Morgan fingerprint density at radius 2 is 2.25 bits per heavy atom. The predicted molar refractivity (Wildman–Crippen MR) is 38.4 cm³/mol. The van der Waals surface area contributed by atoms with Gasteiger partial charge in [-0.15, -0.1) is 0 Å². The van der Waals surface area contributed by atoms with Crippen molar-refractivity contribution in [1.29, 1.82) is 0 Å². The summed E-state index contributed by atoms with van der Waals surface area (Å²) in [5.74, 6) is 0. The molecule has 0 saturated heterocycles. The Labute approximate surface area is 74.2 Å². The molecule has 2 nitrogen and oxygen atoms in total. The molecule has 0 aliphatic heterocycles. The zero-order valence-corrected chi connectivity index (χ0v) is 5.66. The molecule has 0 amide bonds. The minimum Gasteiger partial charge on any atom is -0.399 e. The normalized spacial score (nSPS) is 18.8. The van der Waals surface area contributed by atoms with Crippen LogP contribution in [0.1, 0.15) is 18.2 Å². The monoisotopic (exact) mass is 181 g/mol. The average molecular weight is 181 g/mol. The molecule has 0 radical (unpaired) electrons. The number of aromatic nitrogens is 1. The van der Waals surface area contributed by atoms with Gasteiger partial charge in [0.15, 0.2) is 0 Å². The van der Waals surface area contributed by atoms with E-state index < -0.39 is 42.2 Å². The summed E-state index contributed by atoms with van der Waals surface area (Å²) in [6.07, 6.45) is -4.99. The molecule has 5 heteroatoms. The molecule has 12 heavy (non-hydrogen) atoms. The highest BCUT2D eigenvalue weighted by Crippen LogP contribution is 2.28. The van der Waals surface area contributed by atoms with Gasteiger partial charge < -0.3 is 5.73 Å². The van der Waals surface area contributed by atoms with Gasteiger partial charge in [-0.05, 0) is 18.9 Å². The summed E-state index contributed by atoms with van der Waals surface area (Å²) in [7, 11) is 0. The predicted octanol–water partition coefficient (Wildman–Crippen LogP) is 1.99. The number of pyridine rings is 1. The third-order valence-electron chi connectivity index (χ3n) is 0.998. The molecule has 1 heterocycles. The van der Waals surface area contributed by atoms with Crippen LogP contribution in [0.2, 0.25) is 0 Å². The van der Waals surface area contributed by atoms with Gasteiger partial charge in [-0.25, -0.2) is 4.98 Å². The average Bonchev–Trinajstić information content (AvgIpc) is 2.10. The van der Waals surface area contributed by atoms with Crippen molar-refractivity contribution >= 4 is 5.69 Å². The first-order valence-corrected chi connectivity index (χ1v) is 2.80. The molecule has 0 saturated carbocycles. The van der Waals surface area contributed by atoms with Crippen LogP contribution in [0.3, 0.4) is 0 Å². The highest BCUT2D eigenvalue weighted by molar-refractivity contribution is 5.40. The maximum atomic E-state index is 12.4. The van der Waals surface area contributed by atoms with E-state index in [1.807, 2.05) is 0 Å². The van der Waals surface area contributed by atoms with Crippen molar-refractivity contribution in [3.05, 3.63) is 23.5 Å². The quantitative estimate of drug-likeness (QED) is 0.664. The van der Waals surface area contributed by atoms with Crippen LogP contribution in [0.5, 0.6) is 0 Å². The van der Waals surface area contributed by atoms with Crippen molar-refractivity contribution in [2.45, 2.75) is 13.0 Å². The van der Waals surface area contributed by atoms with E-state index in [9.17, 15) is 13.2 Å². The number of rotatable bonds is 0. The molecule has 0 spiro atoms. The number of hydrogen-bond acceptors (Lipinski definition) is 2. The molecule has 0 fully saturated rings. The molecular formula is C7H7F3N2. The molecule has 0 aliphatic carbocycles. The van der Waals surface area contributed by atoms with Crippen molar-refractivity contribution in [1.82, 2.24) is 4.98 Å². The standard InChI is InChI=1S/C7H7F3N2/c1-4-2-5(11)3-6(12-4)7(8,9)10/h2-3H,1H3,(H2,11,12)/i1D3,2D,3D. The first-order valence-electron chi connectivity index (χ1n) is 5.30. The molecule has 66 valence electrons. The van der Waals surface area contributed by atoms with E-state index in [0.717, 1.165) is 0 Å². The number of aryl methyl sites for hydroxylation is 1. The van der Waals surface area contributed by atoms with Gasteiger partial charge >= 0.3 is 6.18 Å². The fraction of sp³-hybridized carbons (Fsp3) is 0.286. The molecule has 0 bridgehead atoms. The number of halogens is 3. The fourth-order valence-corrected chi connectivity index (χ4v) is 0.588. The van der Waals surface area contributed by atoms with Crippen LogP contribution in [0.15, 0.2) is 12.1 Å². The third kappa shape index (κ3) is 1.87. The Morgan fingerprint density at radius 1 is 1.58 bits per heavy atom. The second kappa shape index (κ2) is 2.66. The van der Waals surface area contributed by atoms with Crippen LogP contribution in [-0.4, -0.2) is 4.98 Å². The van der Waals surface area contributed by atoms with Gasteiger partial charge in [-0.1, -0.05) is 0 Å². The molecule has 1 rings (SSSR count). The van der Waals surface area contributed by atoms with Crippen LogP contribution < -0.4 is 5.73 Å². The van der Waals surface area contributed by atoms with E-state index in [4.69, 9.17) is 12.6 Å². The smallest absolute Gasteiger partial charge is 0.399 e. The molecule has 0 aliphatic rings. The van der Waals surface area contributed by atoms with Crippen LogP contribution in [-0.2, 0) is 6.18 Å². The Morgan fingerprint density at radius 3 is 2.75 bits per heavy atom. The zero-order chi connectivity index (χ0) is 13.6. The van der Waals surface area contributed by atoms with Gasteiger partial charge in [-0.2, -0.15) is 13.2 Å². The first-order chi connectivity index (χ1) is 7.46. The molecule has 2 N–H and O–H groups in total. The summed E-state index contributed by atoms with van der Waals surface area (Å²) < 4.78 is 72.5. The van der Waals surface area contributed by atoms with Crippen molar-refractivity contribution in [2.24, 2.45) is 0 Å². The van der Waals surface area contributed by atoms with Gasteiger partial charge in [0.2, 0.25) is 0 Å². The SMILES string of the molecule is [2H]c1c(C([2H])([2H])[2H])nc(C(F)(F)F)c([2H])c1N. The van der Waals surface area contributed by atoms with E-state index in [1.165, 1.54) is 0 Å². The number of hydrogen-bond donors (Lipinski definition) is 1. The van der Waals surface area contributed by atoms with Crippen LogP contribution in [0.4, 0.5) is 18.9 Å².